The van der Waals surface area contributed by atoms with E-state index in [4.69, 9.17) is 19.6 Å². The number of hydrogen-bond acceptors (Lipinski definition) is 7. The second-order valence-electron chi connectivity index (χ2n) is 3.72. The van der Waals surface area contributed by atoms with E-state index >= 15 is 0 Å². The number of ether oxygens (including phenoxy) is 2. The molecule has 0 saturated heterocycles. The summed E-state index contributed by atoms with van der Waals surface area (Å²) in [6.45, 7) is 1.35. The Labute approximate surface area is 110 Å². The summed E-state index contributed by atoms with van der Waals surface area (Å²) in [6.07, 6.45) is 3.00. The van der Waals surface area contributed by atoms with Crippen LogP contribution in [0.4, 0.5) is 11.5 Å². The maximum atomic E-state index is 5.92. The zero-order valence-electron chi connectivity index (χ0n) is 10.6. The van der Waals surface area contributed by atoms with E-state index in [0.29, 0.717) is 37.1 Å². The SMILES string of the molecule is COCCOc1ncnc(NCc2ccco2)c1N. The molecular formula is C12H16N4O3. The summed E-state index contributed by atoms with van der Waals surface area (Å²) in [6, 6.07) is 3.68. The molecule has 0 saturated carbocycles. The average Bonchev–Trinajstić information content (AvgIpc) is 2.93. The first-order valence-corrected chi connectivity index (χ1v) is 5.79. The number of methoxy groups -OCH3 is 1. The van der Waals surface area contributed by atoms with E-state index in [1.54, 1.807) is 13.4 Å². The number of anilines is 2. The minimum atomic E-state index is 0.342. The molecule has 0 aliphatic rings. The summed E-state index contributed by atoms with van der Waals surface area (Å²) in [5.74, 6) is 1.65. The van der Waals surface area contributed by atoms with Crippen LogP contribution in [-0.4, -0.2) is 30.3 Å². The highest BCUT2D eigenvalue weighted by atomic mass is 16.5. The van der Waals surface area contributed by atoms with Gasteiger partial charge in [0.15, 0.2) is 5.82 Å². The van der Waals surface area contributed by atoms with Crippen LogP contribution >= 0.6 is 0 Å². The minimum Gasteiger partial charge on any atom is -0.474 e. The fourth-order valence-electron chi connectivity index (χ4n) is 1.44. The average molecular weight is 264 g/mol. The van der Waals surface area contributed by atoms with Crippen LogP contribution in [0.5, 0.6) is 5.88 Å². The highest BCUT2D eigenvalue weighted by Gasteiger charge is 2.09. The molecule has 0 aromatic carbocycles. The molecule has 0 unspecified atom stereocenters. The van der Waals surface area contributed by atoms with E-state index in [1.807, 2.05) is 12.1 Å². The van der Waals surface area contributed by atoms with Crippen LogP contribution in [0, 0.1) is 0 Å². The van der Waals surface area contributed by atoms with Gasteiger partial charge in [-0.05, 0) is 12.1 Å². The molecule has 2 aromatic heterocycles. The number of nitrogens with zero attached hydrogens (tertiary/aromatic N) is 2. The molecule has 102 valence electrons. The zero-order valence-corrected chi connectivity index (χ0v) is 10.6. The van der Waals surface area contributed by atoms with Gasteiger partial charge in [0.1, 0.15) is 24.4 Å². The molecule has 0 bridgehead atoms. The molecule has 2 rings (SSSR count). The van der Waals surface area contributed by atoms with Crippen molar-refractivity contribution in [2.24, 2.45) is 0 Å². The minimum absolute atomic E-state index is 0.342. The summed E-state index contributed by atoms with van der Waals surface area (Å²) in [5, 5.41) is 3.07. The number of nitrogen functional groups attached to an aromatic ring is 1. The fraction of sp³-hybridized carbons (Fsp3) is 0.333. The molecule has 0 amide bonds. The van der Waals surface area contributed by atoms with Crippen molar-refractivity contribution in [2.75, 3.05) is 31.4 Å². The maximum absolute atomic E-state index is 5.92. The highest BCUT2D eigenvalue weighted by Crippen LogP contribution is 2.24. The first kappa shape index (κ1) is 13.2. The van der Waals surface area contributed by atoms with E-state index in [-0.39, 0.29) is 0 Å². The lowest BCUT2D eigenvalue weighted by Gasteiger charge is -2.10. The molecule has 19 heavy (non-hydrogen) atoms. The second kappa shape index (κ2) is 6.60. The van der Waals surface area contributed by atoms with Gasteiger partial charge in [-0.3, -0.25) is 0 Å². The summed E-state index contributed by atoms with van der Waals surface area (Å²) in [5.41, 5.74) is 6.29. The number of rotatable bonds is 7. The molecular weight excluding hydrogens is 248 g/mol. The van der Waals surface area contributed by atoms with Gasteiger partial charge in [0.2, 0.25) is 5.88 Å². The van der Waals surface area contributed by atoms with Crippen molar-refractivity contribution >= 4 is 11.5 Å². The number of nitrogens with one attached hydrogen (secondary N) is 1. The van der Waals surface area contributed by atoms with Crippen LogP contribution in [0.1, 0.15) is 5.76 Å². The second-order valence-corrected chi connectivity index (χ2v) is 3.72. The number of hydrogen-bond donors (Lipinski definition) is 2. The molecule has 7 nitrogen and oxygen atoms in total. The van der Waals surface area contributed by atoms with Gasteiger partial charge < -0.3 is 24.9 Å². The third-order valence-corrected chi connectivity index (χ3v) is 2.38. The molecule has 3 N–H and O–H groups in total. The lowest BCUT2D eigenvalue weighted by Crippen LogP contribution is -2.10. The lowest BCUT2D eigenvalue weighted by molar-refractivity contribution is 0.144. The Morgan fingerprint density at radius 1 is 1.37 bits per heavy atom. The van der Waals surface area contributed by atoms with Gasteiger partial charge in [0, 0.05) is 7.11 Å². The van der Waals surface area contributed by atoms with Gasteiger partial charge in [0.05, 0.1) is 19.4 Å². The normalized spacial score (nSPS) is 10.4. The summed E-state index contributed by atoms with van der Waals surface area (Å²) in [7, 11) is 1.60. The lowest BCUT2D eigenvalue weighted by atomic mass is 10.4. The van der Waals surface area contributed by atoms with E-state index in [0.717, 1.165) is 5.76 Å². The van der Waals surface area contributed by atoms with Crippen molar-refractivity contribution in [1.82, 2.24) is 9.97 Å². The van der Waals surface area contributed by atoms with Crippen LogP contribution < -0.4 is 15.8 Å². The van der Waals surface area contributed by atoms with Gasteiger partial charge in [-0.2, -0.15) is 4.98 Å². The quantitative estimate of drug-likeness (QED) is 0.727. The van der Waals surface area contributed by atoms with Crippen LogP contribution in [0.25, 0.3) is 0 Å². The van der Waals surface area contributed by atoms with E-state index in [9.17, 15) is 0 Å². The fourth-order valence-corrected chi connectivity index (χ4v) is 1.44. The molecule has 0 spiro atoms. The Hall–Kier alpha value is -2.28. The maximum Gasteiger partial charge on any atom is 0.242 e. The zero-order chi connectivity index (χ0) is 13.5. The molecule has 7 heteroatoms. The van der Waals surface area contributed by atoms with Crippen molar-refractivity contribution in [3.63, 3.8) is 0 Å². The Morgan fingerprint density at radius 3 is 3.00 bits per heavy atom. The van der Waals surface area contributed by atoms with Crippen molar-refractivity contribution < 1.29 is 13.9 Å². The Balaban J connectivity index is 1.98. The molecule has 0 radical (unpaired) electrons. The predicted octanol–water partition coefficient (Wildman–Crippen LogP) is 1.29. The van der Waals surface area contributed by atoms with E-state index in [1.165, 1.54) is 6.33 Å². The Kier molecular flexibility index (Phi) is 4.57. The monoisotopic (exact) mass is 264 g/mol. The molecule has 0 atom stereocenters. The summed E-state index contributed by atoms with van der Waals surface area (Å²) >= 11 is 0. The first-order chi connectivity index (χ1) is 9.31. The Morgan fingerprint density at radius 2 is 2.26 bits per heavy atom. The third kappa shape index (κ3) is 3.59. The number of aromatic nitrogens is 2. The van der Waals surface area contributed by atoms with Crippen molar-refractivity contribution in [2.45, 2.75) is 6.54 Å². The summed E-state index contributed by atoms with van der Waals surface area (Å²) < 4.78 is 15.5. The van der Waals surface area contributed by atoms with Gasteiger partial charge >= 0.3 is 0 Å². The first-order valence-electron chi connectivity index (χ1n) is 5.79. The number of furan rings is 1. The Bertz CT molecular complexity index is 502. The van der Waals surface area contributed by atoms with Crippen molar-refractivity contribution in [3.8, 4) is 5.88 Å². The topological polar surface area (TPSA) is 95.4 Å². The molecule has 0 aliphatic carbocycles. The van der Waals surface area contributed by atoms with Crippen LogP contribution in [-0.2, 0) is 11.3 Å². The van der Waals surface area contributed by atoms with Crippen LogP contribution in [0.2, 0.25) is 0 Å². The molecule has 0 aliphatic heterocycles. The molecule has 2 heterocycles. The summed E-state index contributed by atoms with van der Waals surface area (Å²) in [4.78, 5) is 8.04. The number of nitrogens with two attached hydrogens (primary N) is 1. The van der Waals surface area contributed by atoms with Gasteiger partial charge in [-0.1, -0.05) is 0 Å². The predicted molar refractivity (Wildman–Crippen MR) is 69.9 cm³/mol. The standard InChI is InChI=1S/C12H16N4O3/c1-17-5-6-19-12-10(13)11(15-8-16-12)14-7-9-3-2-4-18-9/h2-4,8H,5-7,13H2,1H3,(H,14,15,16). The molecule has 0 fully saturated rings. The smallest absolute Gasteiger partial charge is 0.242 e. The van der Waals surface area contributed by atoms with Crippen molar-refractivity contribution in [3.05, 3.63) is 30.5 Å². The van der Waals surface area contributed by atoms with Gasteiger partial charge in [0.25, 0.3) is 0 Å². The van der Waals surface area contributed by atoms with Crippen molar-refractivity contribution in [1.29, 1.82) is 0 Å². The third-order valence-electron chi connectivity index (χ3n) is 2.38. The van der Waals surface area contributed by atoms with Crippen LogP contribution in [0.3, 0.4) is 0 Å². The van der Waals surface area contributed by atoms with E-state index < -0.39 is 0 Å². The molecule has 2 aromatic rings. The van der Waals surface area contributed by atoms with Crippen LogP contribution in [0.15, 0.2) is 29.1 Å². The largest absolute Gasteiger partial charge is 0.474 e. The highest BCUT2D eigenvalue weighted by molar-refractivity contribution is 5.66. The van der Waals surface area contributed by atoms with Gasteiger partial charge in [-0.15, -0.1) is 0 Å². The van der Waals surface area contributed by atoms with Gasteiger partial charge in [-0.25, -0.2) is 4.98 Å². The van der Waals surface area contributed by atoms with E-state index in [2.05, 4.69) is 15.3 Å².